The number of fused-ring (bicyclic) bond motifs is 1. The van der Waals surface area contributed by atoms with Crippen LogP contribution in [0.4, 0.5) is 0 Å². The highest BCUT2D eigenvalue weighted by Gasteiger charge is 2.25. The molecule has 1 aliphatic rings. The van der Waals surface area contributed by atoms with Gasteiger partial charge in [-0.1, -0.05) is 6.08 Å². The Balaban J connectivity index is 2.60. The summed E-state index contributed by atoms with van der Waals surface area (Å²) in [6.45, 7) is 3.66. The second-order valence-corrected chi connectivity index (χ2v) is 3.58. The molecule has 2 rings (SSSR count). The van der Waals surface area contributed by atoms with Crippen molar-refractivity contribution < 1.29 is 5.11 Å². The van der Waals surface area contributed by atoms with Gasteiger partial charge in [-0.25, -0.2) is 0 Å². The largest absolute Gasteiger partial charge is 0.388 e. The number of pyridine rings is 1. The number of rotatable bonds is 2. The van der Waals surface area contributed by atoms with E-state index in [4.69, 9.17) is 0 Å². The standard InChI is InChI=1S/C11H13NO2/c1-2-3-7-6-12-11(14)8-4-5-9(13)10(7)8/h2,6,9,13H,1,3-5H2,(H,12,14)/t9-/m1/s1. The molecule has 0 aromatic carbocycles. The summed E-state index contributed by atoms with van der Waals surface area (Å²) in [6, 6.07) is 0. The molecule has 1 aromatic heterocycles. The van der Waals surface area contributed by atoms with Gasteiger partial charge in [-0.15, -0.1) is 6.58 Å². The van der Waals surface area contributed by atoms with Gasteiger partial charge in [-0.3, -0.25) is 4.79 Å². The topological polar surface area (TPSA) is 53.1 Å². The van der Waals surface area contributed by atoms with E-state index in [2.05, 4.69) is 11.6 Å². The smallest absolute Gasteiger partial charge is 0.251 e. The predicted molar refractivity (Wildman–Crippen MR) is 54.2 cm³/mol. The summed E-state index contributed by atoms with van der Waals surface area (Å²) in [4.78, 5) is 14.1. The quantitative estimate of drug-likeness (QED) is 0.687. The van der Waals surface area contributed by atoms with Crippen molar-refractivity contribution in [1.82, 2.24) is 4.98 Å². The zero-order chi connectivity index (χ0) is 10.1. The van der Waals surface area contributed by atoms with Crippen molar-refractivity contribution in [2.75, 3.05) is 0 Å². The van der Waals surface area contributed by atoms with Gasteiger partial charge in [0.25, 0.3) is 5.56 Å². The first-order valence-electron chi connectivity index (χ1n) is 4.76. The Morgan fingerprint density at radius 2 is 2.50 bits per heavy atom. The third-order valence-electron chi connectivity index (χ3n) is 2.69. The maximum atomic E-state index is 11.4. The average molecular weight is 191 g/mol. The minimum Gasteiger partial charge on any atom is -0.388 e. The van der Waals surface area contributed by atoms with Crippen LogP contribution in [0.15, 0.2) is 23.6 Å². The first-order chi connectivity index (χ1) is 6.74. The van der Waals surface area contributed by atoms with E-state index < -0.39 is 6.10 Å². The summed E-state index contributed by atoms with van der Waals surface area (Å²) in [7, 11) is 0. The molecule has 0 radical (unpaired) electrons. The first kappa shape index (κ1) is 9.21. The number of aromatic nitrogens is 1. The number of nitrogens with one attached hydrogen (secondary N) is 1. The van der Waals surface area contributed by atoms with Crippen LogP contribution in [0.3, 0.4) is 0 Å². The molecule has 1 aromatic rings. The third kappa shape index (κ3) is 1.30. The Labute approximate surface area is 82.1 Å². The molecule has 74 valence electrons. The predicted octanol–water partition coefficient (Wildman–Crippen LogP) is 1.08. The fourth-order valence-corrected chi connectivity index (χ4v) is 2.05. The Bertz CT molecular complexity index is 420. The number of hydrogen-bond acceptors (Lipinski definition) is 2. The molecular formula is C11H13NO2. The summed E-state index contributed by atoms with van der Waals surface area (Å²) >= 11 is 0. The van der Waals surface area contributed by atoms with Crippen LogP contribution in [0.5, 0.6) is 0 Å². The number of aliphatic hydroxyl groups is 1. The monoisotopic (exact) mass is 191 g/mol. The number of aliphatic hydroxyl groups excluding tert-OH is 1. The lowest BCUT2D eigenvalue weighted by atomic mass is 10.0. The van der Waals surface area contributed by atoms with E-state index in [1.165, 1.54) is 0 Å². The summed E-state index contributed by atoms with van der Waals surface area (Å²) in [5, 5.41) is 9.73. The highest BCUT2D eigenvalue weighted by atomic mass is 16.3. The molecule has 14 heavy (non-hydrogen) atoms. The highest BCUT2D eigenvalue weighted by molar-refractivity contribution is 5.38. The molecule has 0 spiro atoms. The normalized spacial score (nSPS) is 19.4. The molecular weight excluding hydrogens is 178 g/mol. The van der Waals surface area contributed by atoms with Gasteiger partial charge in [-0.05, 0) is 30.4 Å². The Morgan fingerprint density at radius 3 is 3.21 bits per heavy atom. The molecule has 2 N–H and O–H groups in total. The van der Waals surface area contributed by atoms with E-state index in [-0.39, 0.29) is 5.56 Å². The number of allylic oxidation sites excluding steroid dienone is 1. The Hall–Kier alpha value is -1.35. The minimum absolute atomic E-state index is 0.0654. The molecule has 1 heterocycles. The van der Waals surface area contributed by atoms with Crippen LogP contribution in [0, 0.1) is 0 Å². The van der Waals surface area contributed by atoms with Gasteiger partial charge < -0.3 is 10.1 Å². The third-order valence-corrected chi connectivity index (χ3v) is 2.69. The number of H-pyrrole nitrogens is 1. The van der Waals surface area contributed by atoms with E-state index in [0.29, 0.717) is 19.3 Å². The van der Waals surface area contributed by atoms with Crippen LogP contribution >= 0.6 is 0 Å². The summed E-state index contributed by atoms with van der Waals surface area (Å²) in [5.41, 5.74) is 2.49. The van der Waals surface area contributed by atoms with Gasteiger partial charge in [0.15, 0.2) is 0 Å². The Morgan fingerprint density at radius 1 is 1.71 bits per heavy atom. The zero-order valence-electron chi connectivity index (χ0n) is 7.92. The van der Waals surface area contributed by atoms with Gasteiger partial charge in [0.1, 0.15) is 0 Å². The van der Waals surface area contributed by atoms with Crippen molar-refractivity contribution in [3.8, 4) is 0 Å². The zero-order valence-corrected chi connectivity index (χ0v) is 7.92. The second-order valence-electron chi connectivity index (χ2n) is 3.58. The maximum absolute atomic E-state index is 11.4. The average Bonchev–Trinajstić information content (AvgIpc) is 2.55. The van der Waals surface area contributed by atoms with E-state index in [9.17, 15) is 9.90 Å². The fraction of sp³-hybridized carbons (Fsp3) is 0.364. The molecule has 0 unspecified atom stereocenters. The molecule has 0 amide bonds. The number of hydrogen-bond donors (Lipinski definition) is 2. The summed E-state index contributed by atoms with van der Waals surface area (Å²) in [5.74, 6) is 0. The van der Waals surface area contributed by atoms with E-state index in [0.717, 1.165) is 16.7 Å². The van der Waals surface area contributed by atoms with Crippen LogP contribution in [0.2, 0.25) is 0 Å². The molecule has 0 bridgehead atoms. The van der Waals surface area contributed by atoms with Crippen molar-refractivity contribution in [3.63, 3.8) is 0 Å². The van der Waals surface area contributed by atoms with Gasteiger partial charge in [-0.2, -0.15) is 0 Å². The first-order valence-corrected chi connectivity index (χ1v) is 4.76. The summed E-state index contributed by atoms with van der Waals surface area (Å²) < 4.78 is 0. The van der Waals surface area contributed by atoms with Crippen LogP contribution < -0.4 is 5.56 Å². The van der Waals surface area contributed by atoms with Gasteiger partial charge in [0.05, 0.1) is 6.10 Å². The van der Waals surface area contributed by atoms with E-state index >= 15 is 0 Å². The fourth-order valence-electron chi connectivity index (χ4n) is 2.05. The molecule has 0 saturated heterocycles. The van der Waals surface area contributed by atoms with Crippen LogP contribution in [0.1, 0.15) is 29.2 Å². The van der Waals surface area contributed by atoms with Crippen molar-refractivity contribution in [2.45, 2.75) is 25.4 Å². The van der Waals surface area contributed by atoms with Crippen LogP contribution in [0.25, 0.3) is 0 Å². The van der Waals surface area contributed by atoms with Gasteiger partial charge in [0.2, 0.25) is 0 Å². The lowest BCUT2D eigenvalue weighted by Gasteiger charge is -2.08. The van der Waals surface area contributed by atoms with Crippen molar-refractivity contribution in [1.29, 1.82) is 0 Å². The SMILES string of the molecule is C=CCc1c[nH]c(=O)c2c1[C@H](O)CC2. The molecule has 0 saturated carbocycles. The molecule has 0 fully saturated rings. The van der Waals surface area contributed by atoms with Crippen molar-refractivity contribution in [3.05, 3.63) is 45.9 Å². The van der Waals surface area contributed by atoms with E-state index in [1.807, 2.05) is 0 Å². The highest BCUT2D eigenvalue weighted by Crippen LogP contribution is 2.31. The van der Waals surface area contributed by atoms with Gasteiger partial charge >= 0.3 is 0 Å². The van der Waals surface area contributed by atoms with E-state index in [1.54, 1.807) is 12.3 Å². The van der Waals surface area contributed by atoms with Crippen molar-refractivity contribution >= 4 is 0 Å². The number of aromatic amines is 1. The lowest BCUT2D eigenvalue weighted by Crippen LogP contribution is -2.14. The molecule has 1 atom stereocenters. The van der Waals surface area contributed by atoms with Gasteiger partial charge in [0, 0.05) is 11.8 Å². The van der Waals surface area contributed by atoms with Crippen LogP contribution in [-0.4, -0.2) is 10.1 Å². The Kier molecular flexibility index (Phi) is 2.25. The second kappa shape index (κ2) is 3.42. The molecule has 1 aliphatic carbocycles. The van der Waals surface area contributed by atoms with Crippen molar-refractivity contribution in [2.24, 2.45) is 0 Å². The maximum Gasteiger partial charge on any atom is 0.251 e. The minimum atomic E-state index is -0.470. The molecule has 0 aliphatic heterocycles. The lowest BCUT2D eigenvalue weighted by molar-refractivity contribution is 0.179. The van der Waals surface area contributed by atoms with Crippen LogP contribution in [-0.2, 0) is 12.8 Å². The summed E-state index contributed by atoms with van der Waals surface area (Å²) in [6.07, 6.45) is 5.01. The molecule has 3 heteroatoms. The molecule has 3 nitrogen and oxygen atoms in total.